The van der Waals surface area contributed by atoms with Crippen molar-refractivity contribution in [1.82, 2.24) is 9.29 Å². The molecule has 1 aromatic heterocycles. The lowest BCUT2D eigenvalue weighted by Crippen LogP contribution is -2.42. The van der Waals surface area contributed by atoms with Gasteiger partial charge in [0, 0.05) is 29.6 Å². The number of aromatic nitrogens is 1. The second kappa shape index (κ2) is 12.7. The summed E-state index contributed by atoms with van der Waals surface area (Å²) in [5.74, 6) is 5.35. The van der Waals surface area contributed by atoms with Crippen molar-refractivity contribution in [3.63, 3.8) is 0 Å². The van der Waals surface area contributed by atoms with E-state index in [1.54, 1.807) is 14.0 Å². The number of carboxylic acid groups (broad SMARTS) is 1. The molecule has 1 unspecified atom stereocenters. The number of methoxy groups -OCH3 is 1. The number of hydrogen-bond donors (Lipinski definition) is 2. The van der Waals surface area contributed by atoms with Crippen molar-refractivity contribution in [1.29, 1.82) is 0 Å². The number of nitrogens with one attached hydrogen (secondary N) is 1. The summed E-state index contributed by atoms with van der Waals surface area (Å²) in [5, 5.41) is 10.8. The molecule has 0 aliphatic heterocycles. The zero-order valence-electron chi connectivity index (χ0n) is 21.7. The minimum Gasteiger partial charge on any atom is -0.497 e. The summed E-state index contributed by atoms with van der Waals surface area (Å²) in [7, 11) is -2.53. The van der Waals surface area contributed by atoms with Crippen molar-refractivity contribution in [3.05, 3.63) is 53.7 Å². The number of aliphatic carboxylic acids is 1. The van der Waals surface area contributed by atoms with Crippen molar-refractivity contribution >= 4 is 26.9 Å². The maximum Gasteiger partial charge on any atom is 0.322 e. The van der Waals surface area contributed by atoms with Gasteiger partial charge in [-0.05, 0) is 68.3 Å². The number of unbranched alkanes of at least 4 members (excludes halogenated alkanes) is 2. The summed E-state index contributed by atoms with van der Waals surface area (Å²) in [6, 6.07) is 10.2. The minimum absolute atomic E-state index is 0.0122. The van der Waals surface area contributed by atoms with Crippen LogP contribution in [0.15, 0.2) is 47.4 Å². The van der Waals surface area contributed by atoms with Crippen LogP contribution >= 0.6 is 0 Å². The molecule has 1 heterocycles. The second-order valence-electron chi connectivity index (χ2n) is 8.71. The summed E-state index contributed by atoms with van der Waals surface area (Å²) in [6.45, 7) is 6.78. The molecule has 9 heteroatoms. The molecule has 0 saturated carbocycles. The lowest BCUT2D eigenvalue weighted by Gasteiger charge is -2.16. The monoisotopic (exact) mass is 526 g/mol. The largest absolute Gasteiger partial charge is 0.497 e. The average Bonchev–Trinajstić information content (AvgIpc) is 3.14. The average molecular weight is 527 g/mol. The predicted octanol–water partition coefficient (Wildman–Crippen LogP) is 4.52. The van der Waals surface area contributed by atoms with Crippen molar-refractivity contribution in [2.75, 3.05) is 13.7 Å². The van der Waals surface area contributed by atoms with Gasteiger partial charge < -0.3 is 19.1 Å². The molecule has 2 aromatic carbocycles. The van der Waals surface area contributed by atoms with E-state index in [0.29, 0.717) is 11.5 Å². The number of ether oxygens (including phenoxy) is 2. The minimum atomic E-state index is -4.10. The molecule has 0 fully saturated rings. The van der Waals surface area contributed by atoms with Crippen LogP contribution in [0.2, 0.25) is 0 Å². The van der Waals surface area contributed by atoms with E-state index in [4.69, 9.17) is 9.47 Å². The van der Waals surface area contributed by atoms with Crippen LogP contribution in [0.25, 0.3) is 10.9 Å². The molecular formula is C28H34N2O6S. The third-order valence-electron chi connectivity index (χ3n) is 6.27. The van der Waals surface area contributed by atoms with Crippen LogP contribution in [0.4, 0.5) is 0 Å². The van der Waals surface area contributed by atoms with Crippen LogP contribution in [0.1, 0.15) is 44.4 Å². The van der Waals surface area contributed by atoms with Crippen LogP contribution in [0.3, 0.4) is 0 Å². The van der Waals surface area contributed by atoms with E-state index in [1.165, 1.54) is 24.3 Å². The van der Waals surface area contributed by atoms with Crippen molar-refractivity contribution < 1.29 is 27.8 Å². The Balaban J connectivity index is 1.91. The predicted molar refractivity (Wildman–Crippen MR) is 144 cm³/mol. The van der Waals surface area contributed by atoms with Gasteiger partial charge in [0.15, 0.2) is 0 Å². The topological polar surface area (TPSA) is 107 Å². The van der Waals surface area contributed by atoms with Crippen LogP contribution in [0, 0.1) is 18.8 Å². The van der Waals surface area contributed by atoms with Gasteiger partial charge in [-0.15, -0.1) is 5.92 Å². The highest BCUT2D eigenvalue weighted by molar-refractivity contribution is 7.89. The molecule has 198 valence electrons. The molecule has 0 aliphatic carbocycles. The lowest BCUT2D eigenvalue weighted by atomic mass is 10.0. The van der Waals surface area contributed by atoms with Crippen molar-refractivity contribution in [2.24, 2.45) is 0 Å². The number of sulfonamides is 1. The number of benzene rings is 2. The first-order valence-corrected chi connectivity index (χ1v) is 13.7. The molecule has 2 N–H and O–H groups in total. The van der Waals surface area contributed by atoms with Gasteiger partial charge in [-0.1, -0.05) is 25.7 Å². The fourth-order valence-corrected chi connectivity index (χ4v) is 5.46. The first-order valence-electron chi connectivity index (χ1n) is 12.2. The van der Waals surface area contributed by atoms with E-state index in [-0.39, 0.29) is 17.9 Å². The smallest absolute Gasteiger partial charge is 0.322 e. The molecule has 1 atom stereocenters. The number of fused-ring (bicyclic) bond motifs is 1. The van der Waals surface area contributed by atoms with Crippen LogP contribution < -0.4 is 14.2 Å². The van der Waals surface area contributed by atoms with E-state index in [2.05, 4.69) is 28.1 Å². The van der Waals surface area contributed by atoms with E-state index in [1.807, 2.05) is 25.1 Å². The molecule has 0 spiro atoms. The number of nitrogens with zero attached hydrogens (tertiary/aromatic N) is 1. The summed E-state index contributed by atoms with van der Waals surface area (Å²) in [5.41, 5.74) is 2.67. The van der Waals surface area contributed by atoms with Crippen LogP contribution in [0.5, 0.6) is 11.5 Å². The van der Waals surface area contributed by atoms with E-state index < -0.39 is 22.0 Å². The Hall–Kier alpha value is -3.48. The van der Waals surface area contributed by atoms with Gasteiger partial charge in [0.1, 0.15) is 24.1 Å². The molecule has 0 aliphatic rings. The molecule has 3 aromatic rings. The Morgan fingerprint density at radius 2 is 1.84 bits per heavy atom. The Morgan fingerprint density at radius 1 is 1.14 bits per heavy atom. The molecule has 8 nitrogen and oxygen atoms in total. The maximum atomic E-state index is 13.1. The maximum absolute atomic E-state index is 13.1. The zero-order chi connectivity index (χ0) is 27.0. The summed E-state index contributed by atoms with van der Waals surface area (Å²) in [4.78, 5) is 12.2. The summed E-state index contributed by atoms with van der Waals surface area (Å²) >= 11 is 0. The van der Waals surface area contributed by atoms with Gasteiger partial charge in [0.25, 0.3) is 0 Å². The summed E-state index contributed by atoms with van der Waals surface area (Å²) < 4.78 is 41.5. The van der Waals surface area contributed by atoms with E-state index in [0.717, 1.165) is 48.0 Å². The van der Waals surface area contributed by atoms with Gasteiger partial charge in [-0.2, -0.15) is 4.72 Å². The number of carbonyl (C=O) groups is 1. The second-order valence-corrected chi connectivity index (χ2v) is 10.4. The Labute approximate surface area is 218 Å². The number of carboxylic acids is 1. The lowest BCUT2D eigenvalue weighted by molar-refractivity contribution is -0.138. The van der Waals surface area contributed by atoms with Gasteiger partial charge >= 0.3 is 5.97 Å². The normalized spacial score (nSPS) is 12.1. The quantitative estimate of drug-likeness (QED) is 0.250. The molecule has 0 amide bonds. The third kappa shape index (κ3) is 6.85. The molecule has 0 saturated heterocycles. The van der Waals surface area contributed by atoms with E-state index >= 15 is 0 Å². The zero-order valence-corrected chi connectivity index (χ0v) is 22.5. The molecule has 37 heavy (non-hydrogen) atoms. The molecule has 3 rings (SSSR count). The number of hydrogen-bond acceptors (Lipinski definition) is 5. The van der Waals surface area contributed by atoms with Gasteiger partial charge in [0.05, 0.1) is 12.0 Å². The van der Waals surface area contributed by atoms with Gasteiger partial charge in [-0.3, -0.25) is 4.79 Å². The summed E-state index contributed by atoms with van der Waals surface area (Å²) in [6.07, 6.45) is 3.15. The molecular weight excluding hydrogens is 492 g/mol. The first-order chi connectivity index (χ1) is 17.7. The Bertz CT molecular complexity index is 1400. The fraction of sp³-hybridized carbons (Fsp3) is 0.393. The third-order valence-corrected chi connectivity index (χ3v) is 7.76. The highest BCUT2D eigenvalue weighted by atomic mass is 32.2. The fourth-order valence-electron chi connectivity index (χ4n) is 4.27. The SMILES string of the molecule is CC#CCOc1ccc(S(=O)(=O)NC(Cc2c(C)n(CCCCC)c3ccc(OC)cc23)C(=O)O)cc1. The van der Waals surface area contributed by atoms with Gasteiger partial charge in [-0.25, -0.2) is 8.42 Å². The van der Waals surface area contributed by atoms with E-state index in [9.17, 15) is 18.3 Å². The van der Waals surface area contributed by atoms with Gasteiger partial charge in [0.2, 0.25) is 10.0 Å². The standard InChI is InChI=1S/C28H34N2O6S/c1-5-7-9-16-30-20(3)24(25-18-22(35-4)12-15-27(25)30)19-26(28(31)32)29-37(33,34)23-13-10-21(11-14-23)36-17-8-6-2/h10-15,18,26,29H,5,7,9,16-17,19H2,1-4H3,(H,31,32). The number of aryl methyl sites for hydroxylation is 1. The first kappa shape index (κ1) is 28.1. The van der Waals surface area contributed by atoms with Crippen molar-refractivity contribution in [3.8, 4) is 23.3 Å². The van der Waals surface area contributed by atoms with Crippen LogP contribution in [-0.4, -0.2) is 43.8 Å². The highest BCUT2D eigenvalue weighted by Gasteiger charge is 2.28. The van der Waals surface area contributed by atoms with Crippen molar-refractivity contribution in [2.45, 2.75) is 63.9 Å². The Kier molecular flexibility index (Phi) is 9.61. The molecule has 0 bridgehead atoms. The number of rotatable bonds is 13. The van der Waals surface area contributed by atoms with Crippen LogP contribution in [-0.2, 0) is 27.8 Å². The Morgan fingerprint density at radius 3 is 2.46 bits per heavy atom. The highest BCUT2D eigenvalue weighted by Crippen LogP contribution is 2.31. The molecule has 0 radical (unpaired) electrons.